The molecule has 1 atom stereocenters. The highest BCUT2D eigenvalue weighted by Gasteiger charge is 2.44. The highest BCUT2D eigenvalue weighted by Crippen LogP contribution is 2.26. The van der Waals surface area contributed by atoms with Gasteiger partial charge in [0.15, 0.2) is 6.04 Å². The molecule has 148 valence electrons. The number of amides is 2. The van der Waals surface area contributed by atoms with Gasteiger partial charge in [-0.25, -0.2) is 14.0 Å². The molecule has 4 rings (SSSR count). The molecule has 2 fully saturated rings. The number of nitrogens with zero attached hydrogens (tertiary/aromatic N) is 2. The summed E-state index contributed by atoms with van der Waals surface area (Å²) in [6.07, 6.45) is 0.532. The molecule has 0 spiro atoms. The van der Waals surface area contributed by atoms with Crippen molar-refractivity contribution in [1.82, 2.24) is 14.8 Å². The number of H-pyrrole nitrogens is 1. The number of rotatable bonds is 3. The van der Waals surface area contributed by atoms with Crippen LogP contribution in [0, 0.1) is 5.82 Å². The van der Waals surface area contributed by atoms with Crippen LogP contribution in [-0.2, 0) is 14.3 Å². The minimum atomic E-state index is -0.742. The lowest BCUT2D eigenvalue weighted by atomic mass is 10.0. The summed E-state index contributed by atoms with van der Waals surface area (Å²) in [6, 6.07) is 5.01. The molecule has 1 aromatic carbocycles. The summed E-state index contributed by atoms with van der Waals surface area (Å²) in [5.74, 6) is -1.04. The van der Waals surface area contributed by atoms with E-state index in [-0.39, 0.29) is 24.4 Å². The van der Waals surface area contributed by atoms with Crippen molar-refractivity contribution in [1.29, 1.82) is 0 Å². The number of likely N-dealkylation sites (tertiary alicyclic amines) is 1. The quantitative estimate of drug-likeness (QED) is 0.810. The van der Waals surface area contributed by atoms with Gasteiger partial charge in [0.1, 0.15) is 18.1 Å². The van der Waals surface area contributed by atoms with Gasteiger partial charge in [-0.1, -0.05) is 0 Å². The highest BCUT2D eigenvalue weighted by atomic mass is 19.1. The lowest BCUT2D eigenvalue weighted by molar-refractivity contribution is -0.145. The summed E-state index contributed by atoms with van der Waals surface area (Å²) < 4.78 is 23.1. The van der Waals surface area contributed by atoms with Crippen LogP contribution in [0.1, 0.15) is 23.3 Å². The summed E-state index contributed by atoms with van der Waals surface area (Å²) in [5.41, 5.74) is 1.09. The smallest absolute Gasteiger partial charge is 0.410 e. The van der Waals surface area contributed by atoms with Crippen LogP contribution in [0.15, 0.2) is 24.3 Å². The van der Waals surface area contributed by atoms with Crippen LogP contribution in [0.25, 0.3) is 10.9 Å². The second-order valence-corrected chi connectivity index (χ2v) is 6.96. The Kier molecular flexibility index (Phi) is 4.66. The molecule has 0 radical (unpaired) electrons. The second-order valence-electron chi connectivity index (χ2n) is 6.96. The second kappa shape index (κ2) is 7.14. The number of carbonyl (C=O) groups excluding carboxylic acids is 3. The third kappa shape index (κ3) is 3.17. The summed E-state index contributed by atoms with van der Waals surface area (Å²) in [6.45, 7) is 0.853. The van der Waals surface area contributed by atoms with E-state index in [2.05, 4.69) is 4.98 Å². The Bertz CT molecular complexity index is 935. The van der Waals surface area contributed by atoms with Crippen molar-refractivity contribution in [3.05, 3.63) is 35.8 Å². The lowest BCUT2D eigenvalue weighted by Gasteiger charge is -2.37. The predicted molar refractivity (Wildman–Crippen MR) is 96.2 cm³/mol. The van der Waals surface area contributed by atoms with E-state index in [1.165, 1.54) is 24.1 Å². The van der Waals surface area contributed by atoms with Crippen molar-refractivity contribution in [2.24, 2.45) is 0 Å². The van der Waals surface area contributed by atoms with Crippen molar-refractivity contribution in [2.75, 3.05) is 26.8 Å². The number of aromatic amines is 1. The van der Waals surface area contributed by atoms with Gasteiger partial charge in [-0.05, 0) is 37.1 Å². The molecule has 8 nitrogen and oxygen atoms in total. The summed E-state index contributed by atoms with van der Waals surface area (Å²) in [7, 11) is 1.27. The number of benzene rings is 1. The first-order chi connectivity index (χ1) is 13.5. The Morgan fingerprint density at radius 2 is 2.00 bits per heavy atom. The van der Waals surface area contributed by atoms with Crippen LogP contribution in [0.3, 0.4) is 0 Å². The Morgan fingerprint density at radius 3 is 2.71 bits per heavy atom. The molecule has 0 aliphatic carbocycles. The number of nitrogens with one attached hydrogen (secondary N) is 1. The third-order valence-corrected chi connectivity index (χ3v) is 5.34. The van der Waals surface area contributed by atoms with E-state index in [0.29, 0.717) is 42.5 Å². The Labute approximate surface area is 160 Å². The molecule has 2 amide bonds. The first-order valence-electron chi connectivity index (χ1n) is 9.08. The molecule has 0 saturated carbocycles. The predicted octanol–water partition coefficient (Wildman–Crippen LogP) is 1.91. The normalized spacial score (nSPS) is 20.5. The van der Waals surface area contributed by atoms with Crippen LogP contribution in [0.2, 0.25) is 0 Å². The molecule has 9 heteroatoms. The van der Waals surface area contributed by atoms with Gasteiger partial charge in [0, 0.05) is 30.0 Å². The molecule has 1 aromatic heterocycles. The average Bonchev–Trinajstić information content (AvgIpc) is 3.30. The number of methoxy groups -OCH3 is 1. The monoisotopic (exact) mass is 389 g/mol. The van der Waals surface area contributed by atoms with Crippen molar-refractivity contribution < 1.29 is 28.2 Å². The molecule has 28 heavy (non-hydrogen) atoms. The maximum Gasteiger partial charge on any atom is 0.410 e. The number of ether oxygens (including phenoxy) is 2. The van der Waals surface area contributed by atoms with Crippen LogP contribution in [0.5, 0.6) is 0 Å². The number of fused-ring (bicyclic) bond motifs is 1. The van der Waals surface area contributed by atoms with E-state index >= 15 is 0 Å². The molecule has 2 aliphatic heterocycles. The Morgan fingerprint density at radius 1 is 1.25 bits per heavy atom. The lowest BCUT2D eigenvalue weighted by Crippen LogP contribution is -2.52. The maximum atomic E-state index is 13.4. The van der Waals surface area contributed by atoms with Gasteiger partial charge in [0.05, 0.1) is 7.11 Å². The van der Waals surface area contributed by atoms with E-state index in [1.54, 1.807) is 17.0 Å². The molecule has 2 aliphatic rings. The zero-order valence-electron chi connectivity index (χ0n) is 15.3. The van der Waals surface area contributed by atoms with E-state index in [1.807, 2.05) is 0 Å². The average molecular weight is 389 g/mol. The Balaban J connectivity index is 1.43. The number of aromatic nitrogens is 1. The SMILES string of the molecule is COC(=O)[C@H]1COC(=O)N1C1CCN(C(=O)c2cc3cc(F)ccc3[nH]2)CC1. The summed E-state index contributed by atoms with van der Waals surface area (Å²) in [5, 5.41) is 0.638. The topological polar surface area (TPSA) is 91.9 Å². The van der Waals surface area contributed by atoms with Gasteiger partial charge in [-0.3, -0.25) is 9.69 Å². The Hall–Kier alpha value is -3.10. The fraction of sp³-hybridized carbons (Fsp3) is 0.421. The first kappa shape index (κ1) is 18.3. The van der Waals surface area contributed by atoms with Gasteiger partial charge in [-0.2, -0.15) is 0 Å². The molecule has 2 aromatic rings. The van der Waals surface area contributed by atoms with Crippen molar-refractivity contribution >= 4 is 28.9 Å². The van der Waals surface area contributed by atoms with Gasteiger partial charge in [-0.15, -0.1) is 0 Å². The van der Waals surface area contributed by atoms with E-state index < -0.39 is 18.1 Å². The summed E-state index contributed by atoms with van der Waals surface area (Å²) in [4.78, 5) is 42.9. The molecule has 3 heterocycles. The van der Waals surface area contributed by atoms with Gasteiger partial charge < -0.3 is 19.4 Å². The molecule has 1 N–H and O–H groups in total. The van der Waals surface area contributed by atoms with E-state index in [0.717, 1.165) is 0 Å². The van der Waals surface area contributed by atoms with Gasteiger partial charge >= 0.3 is 12.1 Å². The minimum Gasteiger partial charge on any atom is -0.467 e. The number of esters is 1. The standard InChI is InChI=1S/C19H20FN3O5/c1-27-18(25)16-10-28-19(26)23(16)13-4-6-22(7-5-13)17(24)15-9-11-8-12(20)2-3-14(11)21-15/h2-3,8-9,13,16,21H,4-7,10H2,1H3/t16-/m1/s1. The van der Waals surface area contributed by atoms with Crippen molar-refractivity contribution in [3.8, 4) is 0 Å². The zero-order valence-corrected chi connectivity index (χ0v) is 15.3. The van der Waals surface area contributed by atoms with Crippen molar-refractivity contribution in [3.63, 3.8) is 0 Å². The van der Waals surface area contributed by atoms with Crippen LogP contribution < -0.4 is 0 Å². The largest absolute Gasteiger partial charge is 0.467 e. The van der Waals surface area contributed by atoms with Crippen LogP contribution in [-0.4, -0.2) is 71.6 Å². The number of cyclic esters (lactones) is 1. The highest BCUT2D eigenvalue weighted by molar-refractivity contribution is 5.98. The van der Waals surface area contributed by atoms with E-state index in [9.17, 15) is 18.8 Å². The molecule has 0 bridgehead atoms. The number of hydrogen-bond acceptors (Lipinski definition) is 5. The van der Waals surface area contributed by atoms with Crippen LogP contribution >= 0.6 is 0 Å². The third-order valence-electron chi connectivity index (χ3n) is 5.34. The van der Waals surface area contributed by atoms with E-state index in [4.69, 9.17) is 9.47 Å². The zero-order chi connectivity index (χ0) is 19.8. The van der Waals surface area contributed by atoms with Gasteiger partial charge in [0.25, 0.3) is 5.91 Å². The minimum absolute atomic E-state index is 0.0176. The number of hydrogen-bond donors (Lipinski definition) is 1. The summed E-state index contributed by atoms with van der Waals surface area (Å²) >= 11 is 0. The number of piperidine rings is 1. The number of halogens is 1. The molecular weight excluding hydrogens is 369 g/mol. The fourth-order valence-electron chi connectivity index (χ4n) is 3.89. The molecule has 0 unspecified atom stereocenters. The number of carbonyl (C=O) groups is 3. The first-order valence-corrected chi connectivity index (χ1v) is 9.08. The maximum absolute atomic E-state index is 13.4. The molecular formula is C19H20FN3O5. The van der Waals surface area contributed by atoms with Gasteiger partial charge in [0.2, 0.25) is 0 Å². The molecule has 2 saturated heterocycles. The van der Waals surface area contributed by atoms with Crippen molar-refractivity contribution in [2.45, 2.75) is 24.9 Å². The van der Waals surface area contributed by atoms with Crippen LogP contribution in [0.4, 0.5) is 9.18 Å². The fourth-order valence-corrected chi connectivity index (χ4v) is 3.89.